The first kappa shape index (κ1) is 14.1. The minimum atomic E-state index is 0.600. The summed E-state index contributed by atoms with van der Waals surface area (Å²) < 4.78 is 0. The van der Waals surface area contributed by atoms with Crippen molar-refractivity contribution in [1.82, 2.24) is 9.97 Å². The number of benzene rings is 2. The summed E-state index contributed by atoms with van der Waals surface area (Å²) in [6.07, 6.45) is 3.75. The highest BCUT2D eigenvalue weighted by atomic mass is 14.9. The molecule has 3 aromatic rings. The third kappa shape index (κ3) is 2.65. The molecule has 2 nitrogen and oxygen atoms in total. The molecule has 3 atom stereocenters. The summed E-state index contributed by atoms with van der Waals surface area (Å²) in [5.41, 5.74) is 5.04. The zero-order valence-corrected chi connectivity index (χ0v) is 13.5. The molecule has 1 aliphatic rings. The van der Waals surface area contributed by atoms with E-state index < -0.39 is 0 Å². The highest BCUT2D eigenvalue weighted by molar-refractivity contribution is 5.57. The van der Waals surface area contributed by atoms with Crippen LogP contribution < -0.4 is 0 Å². The zero-order valence-electron chi connectivity index (χ0n) is 13.5. The van der Waals surface area contributed by atoms with Crippen LogP contribution in [0.15, 0.2) is 67.0 Å². The Morgan fingerprint density at radius 3 is 2.17 bits per heavy atom. The minimum absolute atomic E-state index is 0.600. The minimum Gasteiger partial charge on any atom is -0.236 e. The Morgan fingerprint density at radius 2 is 1.43 bits per heavy atom. The second kappa shape index (κ2) is 5.62. The fourth-order valence-electron chi connectivity index (χ4n) is 3.59. The van der Waals surface area contributed by atoms with E-state index in [1.54, 1.807) is 0 Å². The van der Waals surface area contributed by atoms with E-state index >= 15 is 0 Å². The molecule has 114 valence electrons. The van der Waals surface area contributed by atoms with Gasteiger partial charge in [0.15, 0.2) is 5.82 Å². The fraction of sp³-hybridized carbons (Fsp3) is 0.238. The summed E-state index contributed by atoms with van der Waals surface area (Å²) >= 11 is 0. The molecule has 0 amide bonds. The Balaban J connectivity index is 1.64. The van der Waals surface area contributed by atoms with E-state index in [-0.39, 0.29) is 0 Å². The van der Waals surface area contributed by atoms with Gasteiger partial charge in [0, 0.05) is 18.0 Å². The number of rotatable bonds is 3. The maximum absolute atomic E-state index is 4.45. The number of hydrogen-bond acceptors (Lipinski definition) is 2. The molecule has 0 radical (unpaired) electrons. The highest BCUT2D eigenvalue weighted by Gasteiger charge is 2.48. The molecule has 0 aliphatic heterocycles. The van der Waals surface area contributed by atoms with Crippen LogP contribution in [0.25, 0.3) is 11.4 Å². The van der Waals surface area contributed by atoms with Crippen molar-refractivity contribution in [3.8, 4) is 11.4 Å². The molecule has 2 heteroatoms. The summed E-state index contributed by atoms with van der Waals surface area (Å²) in [6, 6.07) is 19.6. The molecular weight excluding hydrogens is 280 g/mol. The fourth-order valence-corrected chi connectivity index (χ4v) is 3.59. The van der Waals surface area contributed by atoms with Crippen LogP contribution in [0.5, 0.6) is 0 Å². The van der Waals surface area contributed by atoms with Gasteiger partial charge in [-0.2, -0.15) is 0 Å². The predicted octanol–water partition coefficient (Wildman–Crippen LogP) is 4.97. The highest BCUT2D eigenvalue weighted by Crippen LogP contribution is 2.60. The lowest BCUT2D eigenvalue weighted by Crippen LogP contribution is -1.91. The van der Waals surface area contributed by atoms with Gasteiger partial charge in [-0.3, -0.25) is 0 Å². The summed E-state index contributed by atoms with van der Waals surface area (Å²) in [7, 11) is 0. The van der Waals surface area contributed by atoms with Crippen molar-refractivity contribution in [2.45, 2.75) is 25.7 Å². The van der Waals surface area contributed by atoms with Crippen molar-refractivity contribution < 1.29 is 0 Å². The van der Waals surface area contributed by atoms with E-state index in [1.165, 1.54) is 11.1 Å². The van der Waals surface area contributed by atoms with Gasteiger partial charge in [0.05, 0.1) is 0 Å². The molecule has 0 N–H and O–H groups in total. The monoisotopic (exact) mass is 300 g/mol. The molecule has 1 saturated carbocycles. The van der Waals surface area contributed by atoms with Crippen LogP contribution >= 0.6 is 0 Å². The van der Waals surface area contributed by atoms with Crippen LogP contribution in [0.2, 0.25) is 0 Å². The molecular formula is C21H20N2. The van der Waals surface area contributed by atoms with E-state index in [2.05, 4.69) is 71.5 Å². The van der Waals surface area contributed by atoms with Crippen molar-refractivity contribution >= 4 is 0 Å². The van der Waals surface area contributed by atoms with E-state index in [0.29, 0.717) is 17.8 Å². The third-order valence-electron chi connectivity index (χ3n) is 4.87. The standard InChI is InChI=1S/C21H20N2/c1-14-12-22-21(23-13-14)18-10-6-9-17(11-18)20-15(2)19(20)16-7-4-3-5-8-16/h3-13,15,19-20H,1-2H3/t15-,19-,20-/m1/s1. The molecule has 1 heterocycles. The summed E-state index contributed by atoms with van der Waals surface area (Å²) in [4.78, 5) is 8.91. The van der Waals surface area contributed by atoms with E-state index in [0.717, 1.165) is 17.0 Å². The Labute approximate surface area is 137 Å². The topological polar surface area (TPSA) is 25.8 Å². The van der Waals surface area contributed by atoms with Gasteiger partial charge < -0.3 is 0 Å². The Morgan fingerprint density at radius 1 is 0.783 bits per heavy atom. The van der Waals surface area contributed by atoms with E-state index in [9.17, 15) is 0 Å². The first-order chi connectivity index (χ1) is 11.2. The second-order valence-corrected chi connectivity index (χ2v) is 6.53. The second-order valence-electron chi connectivity index (χ2n) is 6.53. The van der Waals surface area contributed by atoms with Crippen molar-refractivity contribution in [3.63, 3.8) is 0 Å². The van der Waals surface area contributed by atoms with Gasteiger partial charge >= 0.3 is 0 Å². The van der Waals surface area contributed by atoms with Gasteiger partial charge in [0.1, 0.15) is 0 Å². The normalized spacial score (nSPS) is 22.8. The zero-order chi connectivity index (χ0) is 15.8. The molecule has 0 saturated heterocycles. The van der Waals surface area contributed by atoms with Crippen molar-refractivity contribution in [2.24, 2.45) is 5.92 Å². The van der Waals surface area contributed by atoms with E-state index in [1.807, 2.05) is 19.3 Å². The van der Waals surface area contributed by atoms with Crippen molar-refractivity contribution in [1.29, 1.82) is 0 Å². The molecule has 2 aromatic carbocycles. The Kier molecular flexibility index (Phi) is 3.45. The Bertz CT molecular complexity index is 809. The number of hydrogen-bond donors (Lipinski definition) is 0. The molecule has 23 heavy (non-hydrogen) atoms. The number of aryl methyl sites for hydroxylation is 1. The van der Waals surface area contributed by atoms with Crippen molar-refractivity contribution in [2.75, 3.05) is 0 Å². The van der Waals surface area contributed by atoms with Gasteiger partial charge in [-0.05, 0) is 47.4 Å². The van der Waals surface area contributed by atoms with Crippen LogP contribution in [-0.2, 0) is 0 Å². The lowest BCUT2D eigenvalue weighted by atomic mass is 10.0. The molecule has 1 aliphatic carbocycles. The lowest BCUT2D eigenvalue weighted by molar-refractivity contribution is 0.895. The quantitative estimate of drug-likeness (QED) is 0.682. The summed E-state index contributed by atoms with van der Waals surface area (Å²) in [5, 5.41) is 0. The summed E-state index contributed by atoms with van der Waals surface area (Å²) in [5.74, 6) is 2.72. The van der Waals surface area contributed by atoms with Crippen LogP contribution in [-0.4, -0.2) is 9.97 Å². The SMILES string of the molecule is Cc1cnc(-c2cccc([C@H]3[C@H](C)[C@@H]3c3ccccc3)c2)nc1. The number of nitrogens with zero attached hydrogens (tertiary/aromatic N) is 2. The molecule has 1 aromatic heterocycles. The third-order valence-corrected chi connectivity index (χ3v) is 4.87. The maximum Gasteiger partial charge on any atom is 0.159 e. The van der Waals surface area contributed by atoms with Gasteiger partial charge in [0.25, 0.3) is 0 Å². The maximum atomic E-state index is 4.45. The molecule has 0 bridgehead atoms. The van der Waals surface area contributed by atoms with Crippen LogP contribution in [0.4, 0.5) is 0 Å². The van der Waals surface area contributed by atoms with Gasteiger partial charge in [-0.1, -0.05) is 55.5 Å². The van der Waals surface area contributed by atoms with Crippen molar-refractivity contribution in [3.05, 3.63) is 83.7 Å². The van der Waals surface area contributed by atoms with E-state index in [4.69, 9.17) is 0 Å². The molecule has 1 fully saturated rings. The van der Waals surface area contributed by atoms with Crippen LogP contribution in [0.3, 0.4) is 0 Å². The smallest absolute Gasteiger partial charge is 0.159 e. The molecule has 0 unspecified atom stereocenters. The first-order valence-corrected chi connectivity index (χ1v) is 8.18. The number of aromatic nitrogens is 2. The van der Waals surface area contributed by atoms with Crippen LogP contribution in [0, 0.1) is 12.8 Å². The lowest BCUT2D eigenvalue weighted by Gasteiger charge is -2.05. The molecule has 0 spiro atoms. The average Bonchev–Trinajstić information content (AvgIpc) is 3.27. The molecule has 4 rings (SSSR count). The predicted molar refractivity (Wildman–Crippen MR) is 93.3 cm³/mol. The Hall–Kier alpha value is -2.48. The van der Waals surface area contributed by atoms with Gasteiger partial charge in [0.2, 0.25) is 0 Å². The first-order valence-electron chi connectivity index (χ1n) is 8.18. The summed E-state index contributed by atoms with van der Waals surface area (Å²) in [6.45, 7) is 4.36. The van der Waals surface area contributed by atoms with Gasteiger partial charge in [-0.15, -0.1) is 0 Å². The average molecular weight is 300 g/mol. The van der Waals surface area contributed by atoms with Gasteiger partial charge in [-0.25, -0.2) is 9.97 Å². The van der Waals surface area contributed by atoms with Crippen LogP contribution in [0.1, 0.15) is 35.4 Å². The largest absolute Gasteiger partial charge is 0.236 e.